The van der Waals surface area contributed by atoms with Gasteiger partial charge in [-0.05, 0) is 30.2 Å². The molecule has 0 saturated carbocycles. The maximum Gasteiger partial charge on any atom is 0.276 e. The number of aromatic nitrogens is 2. The molecule has 0 fully saturated rings. The van der Waals surface area contributed by atoms with Crippen LogP contribution < -0.4 is 10.6 Å². The summed E-state index contributed by atoms with van der Waals surface area (Å²) in [6.45, 7) is 3.27. The minimum atomic E-state index is -0.267. The van der Waals surface area contributed by atoms with Gasteiger partial charge in [0.25, 0.3) is 5.91 Å². The Bertz CT molecular complexity index is 614. The third-order valence-electron chi connectivity index (χ3n) is 3.16. The molecular formula is C16H20N4O2. The third kappa shape index (κ3) is 4.26. The lowest BCUT2D eigenvalue weighted by atomic mass is 10.1. The van der Waals surface area contributed by atoms with Crippen molar-refractivity contribution in [2.75, 3.05) is 30.9 Å². The van der Waals surface area contributed by atoms with Crippen LogP contribution in [0.4, 0.5) is 11.5 Å². The van der Waals surface area contributed by atoms with Crippen molar-refractivity contribution < 1.29 is 9.53 Å². The van der Waals surface area contributed by atoms with Crippen molar-refractivity contribution in [2.45, 2.75) is 13.3 Å². The van der Waals surface area contributed by atoms with Crippen LogP contribution in [0, 0.1) is 0 Å². The first kappa shape index (κ1) is 15.9. The predicted molar refractivity (Wildman–Crippen MR) is 86.2 cm³/mol. The van der Waals surface area contributed by atoms with Crippen molar-refractivity contribution >= 4 is 17.4 Å². The summed E-state index contributed by atoms with van der Waals surface area (Å²) in [5.41, 5.74) is 2.17. The average molecular weight is 300 g/mol. The van der Waals surface area contributed by atoms with Crippen molar-refractivity contribution in [3.05, 3.63) is 47.7 Å². The van der Waals surface area contributed by atoms with Crippen LogP contribution >= 0.6 is 0 Å². The zero-order valence-corrected chi connectivity index (χ0v) is 12.8. The van der Waals surface area contributed by atoms with Crippen molar-refractivity contribution in [1.82, 2.24) is 10.2 Å². The van der Waals surface area contributed by atoms with Gasteiger partial charge in [-0.1, -0.05) is 25.1 Å². The summed E-state index contributed by atoms with van der Waals surface area (Å²) >= 11 is 0. The summed E-state index contributed by atoms with van der Waals surface area (Å²) < 4.78 is 4.94. The van der Waals surface area contributed by atoms with E-state index in [1.54, 1.807) is 19.2 Å². The fourth-order valence-corrected chi connectivity index (χ4v) is 1.97. The molecule has 0 spiro atoms. The zero-order chi connectivity index (χ0) is 15.8. The SMILES string of the molecule is CCc1ccccc1NC(=O)c1ccc(NCCOC)nn1. The number of nitrogens with one attached hydrogen (secondary N) is 2. The van der Waals surface area contributed by atoms with Crippen LogP contribution in [0.15, 0.2) is 36.4 Å². The van der Waals surface area contributed by atoms with E-state index >= 15 is 0 Å². The van der Waals surface area contributed by atoms with Gasteiger partial charge in [0, 0.05) is 19.3 Å². The van der Waals surface area contributed by atoms with Gasteiger partial charge in [-0.25, -0.2) is 0 Å². The molecule has 6 nitrogen and oxygen atoms in total. The van der Waals surface area contributed by atoms with E-state index in [-0.39, 0.29) is 11.6 Å². The highest BCUT2D eigenvalue weighted by Gasteiger charge is 2.10. The maximum absolute atomic E-state index is 12.2. The van der Waals surface area contributed by atoms with Crippen molar-refractivity contribution in [1.29, 1.82) is 0 Å². The largest absolute Gasteiger partial charge is 0.383 e. The molecule has 0 aliphatic heterocycles. The fraction of sp³-hybridized carbons (Fsp3) is 0.312. The second-order valence-corrected chi connectivity index (χ2v) is 4.69. The Morgan fingerprint density at radius 2 is 2.00 bits per heavy atom. The Morgan fingerprint density at radius 1 is 1.18 bits per heavy atom. The number of anilines is 2. The van der Waals surface area contributed by atoms with Gasteiger partial charge in [0.05, 0.1) is 6.61 Å². The Balaban J connectivity index is 2.00. The molecule has 2 N–H and O–H groups in total. The number of para-hydroxylation sites is 1. The molecule has 6 heteroatoms. The molecule has 0 atom stereocenters. The summed E-state index contributed by atoms with van der Waals surface area (Å²) in [6, 6.07) is 11.1. The molecule has 1 amide bonds. The van der Waals surface area contributed by atoms with Crippen LogP contribution in [-0.2, 0) is 11.2 Å². The van der Waals surface area contributed by atoms with Crippen molar-refractivity contribution in [3.63, 3.8) is 0 Å². The first-order chi connectivity index (χ1) is 10.7. The monoisotopic (exact) mass is 300 g/mol. The summed E-state index contributed by atoms with van der Waals surface area (Å²) in [5, 5.41) is 13.8. The molecule has 2 rings (SSSR count). The van der Waals surface area contributed by atoms with Crippen molar-refractivity contribution in [3.8, 4) is 0 Å². The fourth-order valence-electron chi connectivity index (χ4n) is 1.97. The smallest absolute Gasteiger partial charge is 0.276 e. The number of rotatable bonds is 7. The van der Waals surface area contributed by atoms with Gasteiger partial charge < -0.3 is 15.4 Å². The van der Waals surface area contributed by atoms with Gasteiger partial charge in [-0.15, -0.1) is 10.2 Å². The lowest BCUT2D eigenvalue weighted by Crippen LogP contribution is -2.16. The summed E-state index contributed by atoms with van der Waals surface area (Å²) in [7, 11) is 1.63. The van der Waals surface area contributed by atoms with Crippen LogP contribution in [-0.4, -0.2) is 36.4 Å². The van der Waals surface area contributed by atoms with E-state index < -0.39 is 0 Å². The Kier molecular flexibility index (Phi) is 5.85. The lowest BCUT2D eigenvalue weighted by molar-refractivity contribution is 0.102. The van der Waals surface area contributed by atoms with Crippen LogP contribution in [0.5, 0.6) is 0 Å². The Labute approximate surface area is 129 Å². The quantitative estimate of drug-likeness (QED) is 0.768. The molecule has 0 aliphatic rings. The predicted octanol–water partition coefficient (Wildman–Crippen LogP) is 2.35. The maximum atomic E-state index is 12.2. The third-order valence-corrected chi connectivity index (χ3v) is 3.16. The first-order valence-electron chi connectivity index (χ1n) is 7.20. The second kappa shape index (κ2) is 8.09. The average Bonchev–Trinajstić information content (AvgIpc) is 2.56. The molecule has 116 valence electrons. The van der Waals surface area contributed by atoms with Gasteiger partial charge in [-0.2, -0.15) is 0 Å². The molecule has 1 aromatic heterocycles. The Hall–Kier alpha value is -2.47. The van der Waals surface area contributed by atoms with Crippen molar-refractivity contribution in [2.24, 2.45) is 0 Å². The zero-order valence-electron chi connectivity index (χ0n) is 12.8. The highest BCUT2D eigenvalue weighted by molar-refractivity contribution is 6.03. The molecular weight excluding hydrogens is 280 g/mol. The van der Waals surface area contributed by atoms with Crippen LogP contribution in [0.1, 0.15) is 23.0 Å². The number of aryl methyl sites for hydroxylation is 1. The standard InChI is InChI=1S/C16H20N4O2/c1-3-12-6-4-5-7-13(12)18-16(21)14-8-9-15(20-19-14)17-10-11-22-2/h4-9H,3,10-11H2,1-2H3,(H,17,20)(H,18,21). The van der Waals surface area contributed by atoms with E-state index in [1.807, 2.05) is 31.2 Å². The first-order valence-corrected chi connectivity index (χ1v) is 7.20. The molecule has 0 bridgehead atoms. The number of benzene rings is 1. The number of carbonyl (C=O) groups excluding carboxylic acids is 1. The minimum absolute atomic E-state index is 0.267. The lowest BCUT2D eigenvalue weighted by Gasteiger charge is -2.09. The molecule has 0 unspecified atom stereocenters. The molecule has 1 heterocycles. The number of hydrogen-bond donors (Lipinski definition) is 2. The van der Waals surface area contributed by atoms with Gasteiger partial charge in [-0.3, -0.25) is 4.79 Å². The van der Waals surface area contributed by atoms with Gasteiger partial charge in [0.2, 0.25) is 0 Å². The number of nitrogens with zero attached hydrogens (tertiary/aromatic N) is 2. The number of ether oxygens (including phenoxy) is 1. The molecule has 0 saturated heterocycles. The van der Waals surface area contributed by atoms with Gasteiger partial charge in [0.1, 0.15) is 5.82 Å². The van der Waals surface area contributed by atoms with E-state index in [4.69, 9.17) is 4.74 Å². The molecule has 2 aromatic rings. The normalized spacial score (nSPS) is 10.3. The molecule has 0 radical (unpaired) electrons. The van der Waals surface area contributed by atoms with Crippen LogP contribution in [0.3, 0.4) is 0 Å². The van der Waals surface area contributed by atoms with Crippen LogP contribution in [0.25, 0.3) is 0 Å². The van der Waals surface area contributed by atoms with E-state index in [9.17, 15) is 4.79 Å². The topological polar surface area (TPSA) is 76.1 Å². The van der Waals surface area contributed by atoms with Gasteiger partial charge >= 0.3 is 0 Å². The van der Waals surface area contributed by atoms with E-state index in [0.717, 1.165) is 17.7 Å². The number of hydrogen-bond acceptors (Lipinski definition) is 5. The second-order valence-electron chi connectivity index (χ2n) is 4.69. The summed E-state index contributed by atoms with van der Waals surface area (Å²) in [6.07, 6.45) is 0.852. The summed E-state index contributed by atoms with van der Waals surface area (Å²) in [4.78, 5) is 12.2. The van der Waals surface area contributed by atoms with Gasteiger partial charge in [0.15, 0.2) is 5.69 Å². The highest BCUT2D eigenvalue weighted by Crippen LogP contribution is 2.16. The number of carbonyl (C=O) groups is 1. The van der Waals surface area contributed by atoms with Crippen LogP contribution in [0.2, 0.25) is 0 Å². The molecule has 1 aromatic carbocycles. The molecule has 0 aliphatic carbocycles. The van der Waals surface area contributed by atoms with E-state index in [0.29, 0.717) is 19.0 Å². The molecule has 22 heavy (non-hydrogen) atoms. The summed E-state index contributed by atoms with van der Waals surface area (Å²) in [5.74, 6) is 0.347. The number of amides is 1. The number of methoxy groups -OCH3 is 1. The minimum Gasteiger partial charge on any atom is -0.383 e. The van der Waals surface area contributed by atoms with E-state index in [1.165, 1.54) is 0 Å². The Morgan fingerprint density at radius 3 is 2.68 bits per heavy atom. The highest BCUT2D eigenvalue weighted by atomic mass is 16.5. The van der Waals surface area contributed by atoms with E-state index in [2.05, 4.69) is 20.8 Å².